The Bertz CT molecular complexity index is 814. The van der Waals surface area contributed by atoms with Gasteiger partial charge in [-0.05, 0) is 24.0 Å². The van der Waals surface area contributed by atoms with E-state index in [1.54, 1.807) is 6.07 Å². The van der Waals surface area contributed by atoms with E-state index in [-0.39, 0.29) is 11.9 Å². The van der Waals surface area contributed by atoms with Crippen LogP contribution >= 0.6 is 0 Å². The van der Waals surface area contributed by atoms with E-state index in [9.17, 15) is 4.79 Å². The standard InChI is InChI=1S/C19H16N2O2/c22-19(20-16-10-14-8-4-5-9-15(14)11-16)17-12-18(23-21-17)13-6-2-1-3-7-13/h1-9,12,16H,10-11H2,(H,20,22). The minimum Gasteiger partial charge on any atom is -0.355 e. The summed E-state index contributed by atoms with van der Waals surface area (Å²) in [6.45, 7) is 0. The highest BCUT2D eigenvalue weighted by Gasteiger charge is 2.24. The van der Waals surface area contributed by atoms with E-state index in [0.717, 1.165) is 18.4 Å². The van der Waals surface area contributed by atoms with Crippen molar-refractivity contribution in [2.45, 2.75) is 18.9 Å². The molecule has 1 amide bonds. The first-order chi connectivity index (χ1) is 11.3. The lowest BCUT2D eigenvalue weighted by atomic mass is 10.1. The van der Waals surface area contributed by atoms with Gasteiger partial charge in [0.2, 0.25) is 0 Å². The molecule has 0 spiro atoms. The molecule has 1 aromatic heterocycles. The molecule has 1 aliphatic rings. The number of nitrogens with one attached hydrogen (secondary N) is 1. The summed E-state index contributed by atoms with van der Waals surface area (Å²) in [5.74, 6) is 0.416. The van der Waals surface area contributed by atoms with Crippen LogP contribution in [0.25, 0.3) is 11.3 Å². The van der Waals surface area contributed by atoms with Gasteiger partial charge in [0.05, 0.1) is 0 Å². The maximum absolute atomic E-state index is 12.4. The monoisotopic (exact) mass is 304 g/mol. The van der Waals surface area contributed by atoms with Crippen molar-refractivity contribution in [3.05, 3.63) is 77.5 Å². The number of carbonyl (C=O) groups is 1. The molecule has 4 nitrogen and oxygen atoms in total. The molecule has 0 fully saturated rings. The zero-order chi connectivity index (χ0) is 15.6. The predicted octanol–water partition coefficient (Wildman–Crippen LogP) is 3.24. The zero-order valence-electron chi connectivity index (χ0n) is 12.5. The highest BCUT2D eigenvalue weighted by Crippen LogP contribution is 2.23. The van der Waals surface area contributed by atoms with E-state index in [2.05, 4.69) is 22.6 Å². The average Bonchev–Trinajstić information content (AvgIpc) is 3.22. The first-order valence-corrected chi connectivity index (χ1v) is 7.69. The van der Waals surface area contributed by atoms with Crippen LogP contribution in [0.5, 0.6) is 0 Å². The van der Waals surface area contributed by atoms with E-state index in [1.165, 1.54) is 11.1 Å². The lowest BCUT2D eigenvalue weighted by molar-refractivity contribution is 0.0929. The molecule has 0 saturated carbocycles. The van der Waals surface area contributed by atoms with Crippen LogP contribution in [-0.2, 0) is 12.8 Å². The zero-order valence-corrected chi connectivity index (χ0v) is 12.5. The Kier molecular flexibility index (Phi) is 3.42. The highest BCUT2D eigenvalue weighted by atomic mass is 16.5. The van der Waals surface area contributed by atoms with Crippen LogP contribution in [-0.4, -0.2) is 17.1 Å². The largest absolute Gasteiger partial charge is 0.355 e. The number of nitrogens with zero attached hydrogens (tertiary/aromatic N) is 1. The van der Waals surface area contributed by atoms with E-state index in [0.29, 0.717) is 11.5 Å². The number of carbonyl (C=O) groups excluding carboxylic acids is 1. The Balaban J connectivity index is 1.46. The van der Waals surface area contributed by atoms with Crippen LogP contribution in [0.2, 0.25) is 0 Å². The molecule has 4 heteroatoms. The molecule has 0 aliphatic heterocycles. The van der Waals surface area contributed by atoms with Crippen molar-refractivity contribution in [2.24, 2.45) is 0 Å². The van der Waals surface area contributed by atoms with Crippen molar-refractivity contribution in [1.29, 1.82) is 0 Å². The third-order valence-corrected chi connectivity index (χ3v) is 4.19. The summed E-state index contributed by atoms with van der Waals surface area (Å²) in [6.07, 6.45) is 1.73. The quantitative estimate of drug-likeness (QED) is 0.808. The van der Waals surface area contributed by atoms with Crippen molar-refractivity contribution >= 4 is 5.91 Å². The Morgan fingerprint density at radius 3 is 2.35 bits per heavy atom. The number of amides is 1. The van der Waals surface area contributed by atoms with Crippen LogP contribution < -0.4 is 5.32 Å². The van der Waals surface area contributed by atoms with Gasteiger partial charge in [0, 0.05) is 17.7 Å². The van der Waals surface area contributed by atoms with Crippen molar-refractivity contribution in [3.8, 4) is 11.3 Å². The summed E-state index contributed by atoms with van der Waals surface area (Å²) in [4.78, 5) is 12.4. The molecular formula is C19H16N2O2. The van der Waals surface area contributed by atoms with Gasteiger partial charge in [-0.3, -0.25) is 4.79 Å². The number of hydrogen-bond donors (Lipinski definition) is 1. The van der Waals surface area contributed by atoms with Gasteiger partial charge in [0.1, 0.15) is 0 Å². The number of rotatable bonds is 3. The molecule has 0 bridgehead atoms. The van der Waals surface area contributed by atoms with Crippen molar-refractivity contribution in [1.82, 2.24) is 10.5 Å². The fourth-order valence-corrected chi connectivity index (χ4v) is 3.04. The molecular weight excluding hydrogens is 288 g/mol. The summed E-state index contributed by atoms with van der Waals surface area (Å²) in [7, 11) is 0. The van der Waals surface area contributed by atoms with Gasteiger partial charge in [0.15, 0.2) is 11.5 Å². The predicted molar refractivity (Wildman–Crippen MR) is 87.0 cm³/mol. The topological polar surface area (TPSA) is 55.1 Å². The summed E-state index contributed by atoms with van der Waals surface area (Å²) < 4.78 is 5.29. The molecule has 4 rings (SSSR count). The third-order valence-electron chi connectivity index (χ3n) is 4.19. The molecule has 2 aromatic carbocycles. The van der Waals surface area contributed by atoms with E-state index in [4.69, 9.17) is 4.52 Å². The molecule has 0 radical (unpaired) electrons. The summed E-state index contributed by atoms with van der Waals surface area (Å²) >= 11 is 0. The smallest absolute Gasteiger partial charge is 0.273 e. The molecule has 1 aliphatic carbocycles. The molecule has 0 saturated heterocycles. The Hall–Kier alpha value is -2.88. The molecule has 23 heavy (non-hydrogen) atoms. The number of fused-ring (bicyclic) bond motifs is 1. The first kappa shape index (κ1) is 13.8. The maximum Gasteiger partial charge on any atom is 0.273 e. The second-order valence-electron chi connectivity index (χ2n) is 5.79. The van der Waals surface area contributed by atoms with Crippen molar-refractivity contribution in [3.63, 3.8) is 0 Å². The molecule has 1 heterocycles. The maximum atomic E-state index is 12.4. The molecule has 1 N–H and O–H groups in total. The fourth-order valence-electron chi connectivity index (χ4n) is 3.04. The van der Waals surface area contributed by atoms with Crippen molar-refractivity contribution in [2.75, 3.05) is 0 Å². The van der Waals surface area contributed by atoms with Gasteiger partial charge in [-0.15, -0.1) is 0 Å². The lowest BCUT2D eigenvalue weighted by Crippen LogP contribution is -2.35. The second kappa shape index (κ2) is 5.72. The van der Waals surface area contributed by atoms with Gasteiger partial charge in [-0.2, -0.15) is 0 Å². The molecule has 3 aromatic rings. The van der Waals surface area contributed by atoms with E-state index in [1.807, 2.05) is 42.5 Å². The minimum atomic E-state index is -0.186. The lowest BCUT2D eigenvalue weighted by Gasteiger charge is -2.09. The normalized spacial score (nSPS) is 13.7. The van der Waals surface area contributed by atoms with E-state index >= 15 is 0 Å². The van der Waals surface area contributed by atoms with Crippen LogP contribution in [0.3, 0.4) is 0 Å². The van der Waals surface area contributed by atoms with Crippen LogP contribution in [0.15, 0.2) is 65.2 Å². The molecule has 0 atom stereocenters. The van der Waals surface area contributed by atoms with E-state index < -0.39 is 0 Å². The number of aromatic nitrogens is 1. The van der Waals surface area contributed by atoms with Gasteiger partial charge in [-0.1, -0.05) is 59.8 Å². The number of benzene rings is 2. The Labute approximate surface area is 134 Å². The first-order valence-electron chi connectivity index (χ1n) is 7.69. The minimum absolute atomic E-state index is 0.122. The molecule has 0 unspecified atom stereocenters. The van der Waals surface area contributed by atoms with Crippen LogP contribution in [0.1, 0.15) is 21.6 Å². The third kappa shape index (κ3) is 2.75. The SMILES string of the molecule is O=C(NC1Cc2ccccc2C1)c1cc(-c2ccccc2)on1. The van der Waals surface area contributed by atoms with Gasteiger partial charge in [-0.25, -0.2) is 0 Å². The highest BCUT2D eigenvalue weighted by molar-refractivity contribution is 5.93. The van der Waals surface area contributed by atoms with Crippen LogP contribution in [0, 0.1) is 0 Å². The Morgan fingerprint density at radius 2 is 1.65 bits per heavy atom. The van der Waals surface area contributed by atoms with Gasteiger partial charge < -0.3 is 9.84 Å². The summed E-state index contributed by atoms with van der Waals surface area (Å²) in [5, 5.41) is 6.94. The second-order valence-corrected chi connectivity index (χ2v) is 5.79. The summed E-state index contributed by atoms with van der Waals surface area (Å²) in [5.41, 5.74) is 3.85. The molecule has 114 valence electrons. The van der Waals surface area contributed by atoms with Gasteiger partial charge >= 0.3 is 0 Å². The Morgan fingerprint density at radius 1 is 1.00 bits per heavy atom. The van der Waals surface area contributed by atoms with Crippen molar-refractivity contribution < 1.29 is 9.32 Å². The van der Waals surface area contributed by atoms with Crippen LogP contribution in [0.4, 0.5) is 0 Å². The fraction of sp³-hybridized carbons (Fsp3) is 0.158. The average molecular weight is 304 g/mol. The summed E-state index contributed by atoms with van der Waals surface area (Å²) in [6, 6.07) is 19.7. The number of hydrogen-bond acceptors (Lipinski definition) is 3. The van der Waals surface area contributed by atoms with Gasteiger partial charge in [0.25, 0.3) is 5.91 Å².